The second-order valence-corrected chi connectivity index (χ2v) is 4.38. The minimum absolute atomic E-state index is 0.0329. The van der Waals surface area contributed by atoms with Crippen LogP contribution in [0.4, 0.5) is 4.39 Å². The number of methoxy groups -OCH3 is 1. The average molecular weight is 298 g/mol. The molecule has 0 radical (unpaired) electrons. The molecular formula is C14H19FN2O4. The van der Waals surface area contributed by atoms with Crippen LogP contribution in [0.2, 0.25) is 0 Å². The van der Waals surface area contributed by atoms with Crippen LogP contribution in [0, 0.1) is 5.82 Å². The molecule has 1 rings (SSSR count). The number of carbonyl (C=O) groups excluding carboxylic acids is 1. The van der Waals surface area contributed by atoms with Crippen LogP contribution in [0.1, 0.15) is 22.3 Å². The summed E-state index contributed by atoms with van der Waals surface area (Å²) in [6.45, 7) is 1.44. The van der Waals surface area contributed by atoms with Crippen molar-refractivity contribution in [1.29, 1.82) is 0 Å². The third-order valence-electron chi connectivity index (χ3n) is 2.77. The third kappa shape index (κ3) is 6.33. The van der Waals surface area contributed by atoms with Gasteiger partial charge in [0, 0.05) is 38.7 Å². The number of nitrogens with one attached hydrogen (secondary N) is 2. The van der Waals surface area contributed by atoms with Gasteiger partial charge in [0.05, 0.1) is 12.2 Å². The van der Waals surface area contributed by atoms with Gasteiger partial charge in [-0.25, -0.2) is 9.18 Å². The van der Waals surface area contributed by atoms with Crippen molar-refractivity contribution in [3.8, 4) is 0 Å². The van der Waals surface area contributed by atoms with Crippen LogP contribution < -0.4 is 10.6 Å². The van der Waals surface area contributed by atoms with Gasteiger partial charge < -0.3 is 20.5 Å². The van der Waals surface area contributed by atoms with E-state index in [2.05, 4.69) is 10.6 Å². The quantitative estimate of drug-likeness (QED) is 0.586. The predicted molar refractivity (Wildman–Crippen MR) is 74.6 cm³/mol. The van der Waals surface area contributed by atoms with E-state index in [4.69, 9.17) is 9.84 Å². The first-order valence-electron chi connectivity index (χ1n) is 6.52. The van der Waals surface area contributed by atoms with Crippen molar-refractivity contribution in [3.63, 3.8) is 0 Å². The summed E-state index contributed by atoms with van der Waals surface area (Å²) in [4.78, 5) is 22.2. The molecule has 1 aromatic rings. The molecule has 21 heavy (non-hydrogen) atoms. The van der Waals surface area contributed by atoms with E-state index in [0.29, 0.717) is 19.7 Å². The Morgan fingerprint density at radius 1 is 1.33 bits per heavy atom. The summed E-state index contributed by atoms with van der Waals surface area (Å²) in [7, 11) is 1.55. The summed E-state index contributed by atoms with van der Waals surface area (Å²) in [5.41, 5.74) is 0.292. The maximum atomic E-state index is 13.5. The van der Waals surface area contributed by atoms with Crippen molar-refractivity contribution >= 4 is 11.9 Å². The van der Waals surface area contributed by atoms with E-state index in [1.807, 2.05) is 0 Å². The minimum Gasteiger partial charge on any atom is -0.478 e. The lowest BCUT2D eigenvalue weighted by atomic mass is 10.1. The summed E-state index contributed by atoms with van der Waals surface area (Å²) in [5.74, 6) is -1.70. The normalized spacial score (nSPS) is 10.4. The highest BCUT2D eigenvalue weighted by Crippen LogP contribution is 2.10. The molecule has 0 aliphatic heterocycles. The number of halogens is 1. The topological polar surface area (TPSA) is 87.7 Å². The fourth-order valence-electron chi connectivity index (χ4n) is 1.65. The Morgan fingerprint density at radius 2 is 2.10 bits per heavy atom. The summed E-state index contributed by atoms with van der Waals surface area (Å²) in [6.07, 6.45) is 0.254. The Hall–Kier alpha value is -1.99. The second kappa shape index (κ2) is 9.04. The van der Waals surface area contributed by atoms with E-state index >= 15 is 0 Å². The number of rotatable bonds is 9. The summed E-state index contributed by atoms with van der Waals surface area (Å²) < 4.78 is 18.3. The van der Waals surface area contributed by atoms with Crippen LogP contribution in [0.15, 0.2) is 18.2 Å². The maximum Gasteiger partial charge on any atom is 0.335 e. The van der Waals surface area contributed by atoms with E-state index in [-0.39, 0.29) is 30.0 Å². The van der Waals surface area contributed by atoms with Gasteiger partial charge in [-0.1, -0.05) is 0 Å². The van der Waals surface area contributed by atoms with Gasteiger partial charge in [0.2, 0.25) is 5.91 Å². The number of ether oxygens (including phenoxy) is 1. The number of amides is 1. The molecule has 116 valence electrons. The number of carboxylic acids is 1. The van der Waals surface area contributed by atoms with Gasteiger partial charge in [0.25, 0.3) is 0 Å². The molecule has 0 aromatic heterocycles. The van der Waals surface area contributed by atoms with Gasteiger partial charge in [-0.2, -0.15) is 0 Å². The number of carbonyl (C=O) groups is 2. The lowest BCUT2D eigenvalue weighted by molar-refractivity contribution is -0.121. The first-order valence-corrected chi connectivity index (χ1v) is 6.52. The first-order chi connectivity index (χ1) is 10.0. The van der Waals surface area contributed by atoms with Crippen LogP contribution in [0.5, 0.6) is 0 Å². The number of carboxylic acid groups (broad SMARTS) is 1. The van der Waals surface area contributed by atoms with E-state index in [1.165, 1.54) is 12.1 Å². The zero-order valence-electron chi connectivity index (χ0n) is 11.8. The van der Waals surface area contributed by atoms with Crippen LogP contribution in [0.3, 0.4) is 0 Å². The SMILES string of the molecule is COCCNC(=O)CCNCc1cc(C(=O)O)ccc1F. The Bertz CT molecular complexity index is 494. The zero-order valence-corrected chi connectivity index (χ0v) is 11.8. The fraction of sp³-hybridized carbons (Fsp3) is 0.429. The smallest absolute Gasteiger partial charge is 0.335 e. The number of hydrogen-bond donors (Lipinski definition) is 3. The molecule has 0 saturated carbocycles. The molecule has 0 aliphatic rings. The molecule has 0 aliphatic carbocycles. The van der Waals surface area contributed by atoms with Crippen molar-refractivity contribution in [2.45, 2.75) is 13.0 Å². The molecule has 1 aromatic carbocycles. The molecule has 0 unspecified atom stereocenters. The molecule has 0 atom stereocenters. The van der Waals surface area contributed by atoms with E-state index in [0.717, 1.165) is 6.07 Å². The highest BCUT2D eigenvalue weighted by Gasteiger charge is 2.08. The molecule has 6 nitrogen and oxygen atoms in total. The van der Waals surface area contributed by atoms with Crippen molar-refractivity contribution in [2.75, 3.05) is 26.8 Å². The van der Waals surface area contributed by atoms with E-state index in [9.17, 15) is 14.0 Å². The standard InChI is InChI=1S/C14H19FN2O4/c1-21-7-6-17-13(18)4-5-16-9-11-8-10(14(19)20)2-3-12(11)15/h2-3,8,16H,4-7,9H2,1H3,(H,17,18)(H,19,20). The van der Waals surface area contributed by atoms with Crippen LogP contribution in [0.25, 0.3) is 0 Å². The molecule has 1 amide bonds. The largest absolute Gasteiger partial charge is 0.478 e. The van der Waals surface area contributed by atoms with Crippen molar-refractivity contribution in [3.05, 3.63) is 35.1 Å². The van der Waals surface area contributed by atoms with Gasteiger partial charge in [0.15, 0.2) is 0 Å². The number of aromatic carboxylic acids is 1. The molecule has 0 saturated heterocycles. The highest BCUT2D eigenvalue weighted by molar-refractivity contribution is 5.87. The van der Waals surface area contributed by atoms with Gasteiger partial charge in [-0.05, 0) is 18.2 Å². The van der Waals surface area contributed by atoms with Gasteiger partial charge in [0.1, 0.15) is 5.82 Å². The molecule has 0 bridgehead atoms. The molecule has 0 fully saturated rings. The van der Waals surface area contributed by atoms with Crippen LogP contribution in [-0.4, -0.2) is 43.8 Å². The van der Waals surface area contributed by atoms with Crippen LogP contribution >= 0.6 is 0 Å². The third-order valence-corrected chi connectivity index (χ3v) is 2.77. The molecular weight excluding hydrogens is 279 g/mol. The second-order valence-electron chi connectivity index (χ2n) is 4.38. The predicted octanol–water partition coefficient (Wildman–Crippen LogP) is 0.766. The Labute approximate surface area is 122 Å². The Kier molecular flexibility index (Phi) is 7.34. The molecule has 0 spiro atoms. The monoisotopic (exact) mass is 298 g/mol. The van der Waals surface area contributed by atoms with Gasteiger partial charge in [-0.15, -0.1) is 0 Å². The van der Waals surface area contributed by atoms with Gasteiger partial charge in [-0.3, -0.25) is 4.79 Å². The van der Waals surface area contributed by atoms with Gasteiger partial charge >= 0.3 is 5.97 Å². The molecule has 3 N–H and O–H groups in total. The van der Waals surface area contributed by atoms with Crippen molar-refractivity contribution < 1.29 is 23.8 Å². The summed E-state index contributed by atoms with van der Waals surface area (Å²) in [5, 5.41) is 14.4. The molecule has 7 heteroatoms. The van der Waals surface area contributed by atoms with Crippen molar-refractivity contribution in [1.82, 2.24) is 10.6 Å². The molecule has 0 heterocycles. The van der Waals surface area contributed by atoms with E-state index in [1.54, 1.807) is 7.11 Å². The Morgan fingerprint density at radius 3 is 2.76 bits per heavy atom. The van der Waals surface area contributed by atoms with Crippen molar-refractivity contribution in [2.24, 2.45) is 0 Å². The lowest BCUT2D eigenvalue weighted by Crippen LogP contribution is -2.30. The fourth-order valence-corrected chi connectivity index (χ4v) is 1.65. The maximum absolute atomic E-state index is 13.5. The summed E-state index contributed by atoms with van der Waals surface area (Å²) >= 11 is 0. The lowest BCUT2D eigenvalue weighted by Gasteiger charge is -2.07. The highest BCUT2D eigenvalue weighted by atomic mass is 19.1. The van der Waals surface area contributed by atoms with Crippen LogP contribution in [-0.2, 0) is 16.1 Å². The summed E-state index contributed by atoms with van der Waals surface area (Å²) in [6, 6.07) is 3.62. The Balaban J connectivity index is 2.34. The minimum atomic E-state index is -1.10. The first kappa shape index (κ1) is 17.1. The average Bonchev–Trinajstić information content (AvgIpc) is 2.45. The number of benzene rings is 1. The van der Waals surface area contributed by atoms with E-state index < -0.39 is 11.8 Å². The number of hydrogen-bond acceptors (Lipinski definition) is 4. The zero-order chi connectivity index (χ0) is 15.7.